The molecule has 1 N–H and O–H groups in total. The van der Waals surface area contributed by atoms with Crippen molar-refractivity contribution in [3.05, 3.63) is 29.7 Å². The third-order valence-electron chi connectivity index (χ3n) is 3.95. The molecule has 0 spiro atoms. The second-order valence-electron chi connectivity index (χ2n) is 5.78. The Labute approximate surface area is 135 Å². The van der Waals surface area contributed by atoms with Crippen LogP contribution in [-0.4, -0.2) is 50.4 Å². The summed E-state index contributed by atoms with van der Waals surface area (Å²) in [5.41, 5.74) is 1.29. The van der Waals surface area contributed by atoms with Crippen molar-refractivity contribution < 1.29 is 4.52 Å². The van der Waals surface area contributed by atoms with Gasteiger partial charge in [-0.05, 0) is 25.8 Å². The summed E-state index contributed by atoms with van der Waals surface area (Å²) < 4.78 is 6.98. The Kier molecular flexibility index (Phi) is 4.59. The normalized spacial score (nSPS) is 18.7. The van der Waals surface area contributed by atoms with E-state index in [1.165, 1.54) is 5.56 Å². The Hall–Kier alpha value is -2.38. The fourth-order valence-corrected chi connectivity index (χ4v) is 2.85. The Balaban J connectivity index is 1.66. The largest absolute Gasteiger partial charge is 0.357 e. The maximum absolute atomic E-state index is 5.12. The molecule has 8 heteroatoms. The lowest BCUT2D eigenvalue weighted by atomic mass is 10.0. The molecular weight excluding hydrogens is 294 g/mol. The maximum Gasteiger partial charge on any atom is 0.248 e. The fraction of sp³-hybridized carbons (Fsp3) is 0.600. The van der Waals surface area contributed by atoms with Crippen LogP contribution in [-0.2, 0) is 13.6 Å². The van der Waals surface area contributed by atoms with E-state index >= 15 is 0 Å². The SMILES string of the molecule is CCNC(=NCc1nc(C)no1)N1CCC(c2cnn(C)c2)C1. The first-order chi connectivity index (χ1) is 11.2. The van der Waals surface area contributed by atoms with Crippen molar-refractivity contribution >= 4 is 5.96 Å². The van der Waals surface area contributed by atoms with Gasteiger partial charge in [-0.2, -0.15) is 10.1 Å². The molecule has 1 saturated heterocycles. The average molecular weight is 317 g/mol. The first-order valence-electron chi connectivity index (χ1n) is 7.96. The highest BCUT2D eigenvalue weighted by Crippen LogP contribution is 2.26. The standard InChI is InChI=1S/C15H23N7O/c1-4-16-15(17-8-14-19-11(2)20-23-14)22-6-5-12(10-22)13-7-18-21(3)9-13/h7,9,12H,4-6,8,10H2,1-3H3,(H,16,17). The Morgan fingerprint density at radius 1 is 1.52 bits per heavy atom. The number of hydrogen-bond donors (Lipinski definition) is 1. The summed E-state index contributed by atoms with van der Waals surface area (Å²) in [6, 6.07) is 0. The molecule has 0 radical (unpaired) electrons. The Bertz CT molecular complexity index is 675. The number of nitrogens with zero attached hydrogens (tertiary/aromatic N) is 6. The molecule has 0 amide bonds. The highest BCUT2D eigenvalue weighted by molar-refractivity contribution is 5.80. The molecule has 0 saturated carbocycles. The van der Waals surface area contributed by atoms with Crippen LogP contribution in [0.15, 0.2) is 21.9 Å². The molecule has 8 nitrogen and oxygen atoms in total. The lowest BCUT2D eigenvalue weighted by Crippen LogP contribution is -2.40. The van der Waals surface area contributed by atoms with E-state index in [2.05, 4.69) is 43.6 Å². The number of aromatic nitrogens is 4. The van der Waals surface area contributed by atoms with Gasteiger partial charge in [0, 0.05) is 38.8 Å². The van der Waals surface area contributed by atoms with Crippen LogP contribution in [0.4, 0.5) is 0 Å². The number of aliphatic imine (C=N–C) groups is 1. The van der Waals surface area contributed by atoms with Gasteiger partial charge in [-0.3, -0.25) is 4.68 Å². The molecule has 2 aromatic rings. The van der Waals surface area contributed by atoms with Gasteiger partial charge >= 0.3 is 0 Å². The molecule has 1 unspecified atom stereocenters. The van der Waals surface area contributed by atoms with E-state index in [9.17, 15) is 0 Å². The summed E-state index contributed by atoms with van der Waals surface area (Å²) in [6.07, 6.45) is 5.16. The lowest BCUT2D eigenvalue weighted by molar-refractivity contribution is 0.375. The third kappa shape index (κ3) is 3.69. The van der Waals surface area contributed by atoms with Crippen LogP contribution in [0.2, 0.25) is 0 Å². The molecule has 2 aromatic heterocycles. The summed E-state index contributed by atoms with van der Waals surface area (Å²) in [5.74, 6) is 2.58. The summed E-state index contributed by atoms with van der Waals surface area (Å²) in [4.78, 5) is 11.1. The number of aryl methyl sites for hydroxylation is 2. The van der Waals surface area contributed by atoms with E-state index in [-0.39, 0.29) is 0 Å². The van der Waals surface area contributed by atoms with Crippen LogP contribution in [0.25, 0.3) is 0 Å². The number of likely N-dealkylation sites (tertiary alicyclic amines) is 1. The number of guanidine groups is 1. The molecular formula is C15H23N7O. The van der Waals surface area contributed by atoms with Gasteiger partial charge in [-0.1, -0.05) is 5.16 Å². The van der Waals surface area contributed by atoms with E-state index in [4.69, 9.17) is 4.52 Å². The average Bonchev–Trinajstić information content (AvgIpc) is 3.24. The molecule has 124 valence electrons. The van der Waals surface area contributed by atoms with Crippen molar-refractivity contribution in [1.29, 1.82) is 0 Å². The van der Waals surface area contributed by atoms with Crippen LogP contribution < -0.4 is 5.32 Å². The van der Waals surface area contributed by atoms with E-state index in [1.807, 2.05) is 17.9 Å². The fourth-order valence-electron chi connectivity index (χ4n) is 2.85. The minimum atomic E-state index is 0.400. The van der Waals surface area contributed by atoms with Gasteiger partial charge in [-0.15, -0.1) is 0 Å². The van der Waals surface area contributed by atoms with E-state index < -0.39 is 0 Å². The van der Waals surface area contributed by atoms with E-state index in [0.717, 1.165) is 32.0 Å². The van der Waals surface area contributed by atoms with Crippen LogP contribution in [0.3, 0.4) is 0 Å². The number of hydrogen-bond acceptors (Lipinski definition) is 5. The molecule has 1 atom stereocenters. The van der Waals surface area contributed by atoms with Gasteiger partial charge in [0.05, 0.1) is 6.20 Å². The second-order valence-corrected chi connectivity index (χ2v) is 5.78. The third-order valence-corrected chi connectivity index (χ3v) is 3.95. The van der Waals surface area contributed by atoms with Crippen molar-refractivity contribution in [2.24, 2.45) is 12.0 Å². The molecule has 3 rings (SSSR count). The van der Waals surface area contributed by atoms with Gasteiger partial charge in [0.25, 0.3) is 0 Å². The predicted molar refractivity (Wildman–Crippen MR) is 86.0 cm³/mol. The van der Waals surface area contributed by atoms with Crippen molar-refractivity contribution in [2.45, 2.75) is 32.7 Å². The minimum Gasteiger partial charge on any atom is -0.357 e. The lowest BCUT2D eigenvalue weighted by Gasteiger charge is -2.21. The van der Waals surface area contributed by atoms with Crippen LogP contribution in [0.1, 0.15) is 36.5 Å². The van der Waals surface area contributed by atoms with E-state index in [0.29, 0.717) is 24.2 Å². The summed E-state index contributed by atoms with van der Waals surface area (Å²) in [6.45, 7) is 7.03. The van der Waals surface area contributed by atoms with Gasteiger partial charge in [0.1, 0.15) is 6.54 Å². The number of rotatable bonds is 4. The van der Waals surface area contributed by atoms with Crippen molar-refractivity contribution in [3.63, 3.8) is 0 Å². The molecule has 0 aromatic carbocycles. The highest BCUT2D eigenvalue weighted by Gasteiger charge is 2.26. The topological polar surface area (TPSA) is 84.4 Å². The molecule has 23 heavy (non-hydrogen) atoms. The quantitative estimate of drug-likeness (QED) is 0.671. The second kappa shape index (κ2) is 6.80. The molecule has 0 bridgehead atoms. The molecule has 1 aliphatic heterocycles. The summed E-state index contributed by atoms with van der Waals surface area (Å²) >= 11 is 0. The molecule has 1 aliphatic rings. The molecule has 1 fully saturated rings. The first kappa shape index (κ1) is 15.5. The smallest absolute Gasteiger partial charge is 0.248 e. The first-order valence-corrected chi connectivity index (χ1v) is 7.96. The van der Waals surface area contributed by atoms with Gasteiger partial charge in [0.15, 0.2) is 11.8 Å². The summed E-state index contributed by atoms with van der Waals surface area (Å²) in [7, 11) is 1.95. The van der Waals surface area contributed by atoms with Crippen LogP contribution in [0, 0.1) is 6.92 Å². The monoisotopic (exact) mass is 317 g/mol. The highest BCUT2D eigenvalue weighted by atomic mass is 16.5. The summed E-state index contributed by atoms with van der Waals surface area (Å²) in [5, 5.41) is 11.4. The Morgan fingerprint density at radius 2 is 2.39 bits per heavy atom. The van der Waals surface area contributed by atoms with Gasteiger partial charge < -0.3 is 14.7 Å². The van der Waals surface area contributed by atoms with Crippen molar-refractivity contribution in [2.75, 3.05) is 19.6 Å². The van der Waals surface area contributed by atoms with Gasteiger partial charge in [-0.25, -0.2) is 4.99 Å². The predicted octanol–water partition coefficient (Wildman–Crippen LogP) is 1.07. The van der Waals surface area contributed by atoms with Crippen LogP contribution in [0.5, 0.6) is 0 Å². The van der Waals surface area contributed by atoms with Gasteiger partial charge in [0.2, 0.25) is 5.89 Å². The zero-order chi connectivity index (χ0) is 16.2. The number of nitrogens with one attached hydrogen (secondary N) is 1. The maximum atomic E-state index is 5.12. The van der Waals surface area contributed by atoms with E-state index in [1.54, 1.807) is 6.92 Å². The zero-order valence-electron chi connectivity index (χ0n) is 13.9. The molecule has 3 heterocycles. The van der Waals surface area contributed by atoms with Crippen molar-refractivity contribution in [1.82, 2.24) is 30.1 Å². The zero-order valence-corrected chi connectivity index (χ0v) is 13.9. The van der Waals surface area contributed by atoms with Crippen LogP contribution >= 0.6 is 0 Å². The Morgan fingerprint density at radius 3 is 3.04 bits per heavy atom. The minimum absolute atomic E-state index is 0.400. The molecule has 0 aliphatic carbocycles. The van der Waals surface area contributed by atoms with Crippen molar-refractivity contribution in [3.8, 4) is 0 Å².